The number of aliphatic hydroxyl groups is 1. The first-order valence-electron chi connectivity index (χ1n) is 16.0. The molecule has 3 amide bonds. The van der Waals surface area contributed by atoms with Gasteiger partial charge in [0.2, 0.25) is 0 Å². The maximum Gasteiger partial charge on any atom is 0.323 e. The molecule has 0 radical (unpaired) electrons. The Morgan fingerprint density at radius 2 is 1.91 bits per heavy atom. The number of pyridine rings is 1. The topological polar surface area (TPSA) is 142 Å². The summed E-state index contributed by atoms with van der Waals surface area (Å²) in [5, 5.41) is 19.7. The van der Waals surface area contributed by atoms with E-state index >= 15 is 0 Å². The van der Waals surface area contributed by atoms with Crippen molar-refractivity contribution in [3.05, 3.63) is 65.3 Å². The van der Waals surface area contributed by atoms with Crippen LogP contribution in [0.2, 0.25) is 0 Å². The number of aromatic nitrogens is 2. The molecule has 0 aliphatic carbocycles. The van der Waals surface area contributed by atoms with Crippen molar-refractivity contribution < 1.29 is 28.7 Å². The van der Waals surface area contributed by atoms with Crippen molar-refractivity contribution in [3.63, 3.8) is 0 Å². The monoisotopic (exact) mass is 636 g/mol. The molecule has 46 heavy (non-hydrogen) atoms. The molecular weight excluding hydrogens is 588 g/mol. The van der Waals surface area contributed by atoms with Gasteiger partial charge in [0.25, 0.3) is 5.91 Å². The van der Waals surface area contributed by atoms with E-state index in [0.29, 0.717) is 53.8 Å². The first-order valence-corrected chi connectivity index (χ1v) is 16.0. The summed E-state index contributed by atoms with van der Waals surface area (Å²) in [6.07, 6.45) is 5.86. The molecule has 3 aromatic rings. The fourth-order valence-corrected chi connectivity index (χ4v) is 5.57. The van der Waals surface area contributed by atoms with Gasteiger partial charge in [-0.25, -0.2) is 4.79 Å². The van der Waals surface area contributed by atoms with Crippen LogP contribution in [0, 0.1) is 19.8 Å². The second-order valence-corrected chi connectivity index (χ2v) is 12.3. The average Bonchev–Trinajstić information content (AvgIpc) is 3.34. The van der Waals surface area contributed by atoms with Crippen molar-refractivity contribution >= 4 is 23.3 Å². The Hall–Kier alpha value is -4.00. The number of rotatable bonds is 8. The highest BCUT2D eigenvalue weighted by molar-refractivity contribution is 6.03. The van der Waals surface area contributed by atoms with Crippen molar-refractivity contribution in [1.29, 1.82) is 0 Å². The van der Waals surface area contributed by atoms with E-state index in [9.17, 15) is 14.7 Å². The number of ether oxygens (including phenoxy) is 2. The van der Waals surface area contributed by atoms with Crippen LogP contribution < -0.4 is 15.4 Å². The fourth-order valence-electron chi connectivity index (χ4n) is 5.57. The highest BCUT2D eigenvalue weighted by atomic mass is 16.5. The molecule has 250 valence electrons. The lowest BCUT2D eigenvalue weighted by atomic mass is 10.0. The van der Waals surface area contributed by atoms with Crippen molar-refractivity contribution in [3.8, 4) is 5.75 Å². The largest absolute Gasteiger partial charge is 0.490 e. The van der Waals surface area contributed by atoms with Gasteiger partial charge in [-0.2, -0.15) is 0 Å². The Bertz CT molecular complexity index is 1410. The summed E-state index contributed by atoms with van der Waals surface area (Å²) in [5.41, 5.74) is 2.93. The summed E-state index contributed by atoms with van der Waals surface area (Å²) in [6.45, 7) is 11.5. The van der Waals surface area contributed by atoms with Gasteiger partial charge in [-0.3, -0.25) is 14.7 Å². The maximum absolute atomic E-state index is 14.3. The number of nitrogens with zero attached hydrogens (tertiary/aromatic N) is 4. The number of carbonyl (C=O) groups is 2. The molecule has 1 aromatic carbocycles. The highest BCUT2D eigenvalue weighted by Gasteiger charge is 2.30. The highest BCUT2D eigenvalue weighted by Crippen LogP contribution is 2.29. The second-order valence-electron chi connectivity index (χ2n) is 12.3. The number of urea groups is 1. The van der Waals surface area contributed by atoms with Crippen molar-refractivity contribution in [2.45, 2.75) is 78.7 Å². The average molecular weight is 637 g/mol. The molecule has 1 aliphatic heterocycles. The lowest BCUT2D eigenvalue weighted by molar-refractivity contribution is -0.0177. The third-order valence-corrected chi connectivity index (χ3v) is 8.27. The zero-order chi connectivity index (χ0) is 33.2. The summed E-state index contributed by atoms with van der Waals surface area (Å²) in [4.78, 5) is 35.2. The molecule has 4 rings (SSSR count). The Kier molecular flexibility index (Phi) is 12.5. The molecule has 3 heterocycles. The number of nitrogens with one attached hydrogen (secondary N) is 2. The van der Waals surface area contributed by atoms with E-state index in [1.807, 2.05) is 26.0 Å². The lowest BCUT2D eigenvalue weighted by Gasteiger charge is -2.36. The minimum Gasteiger partial charge on any atom is -0.490 e. The number of anilines is 2. The van der Waals surface area contributed by atoms with Gasteiger partial charge in [-0.15, -0.1) is 0 Å². The van der Waals surface area contributed by atoms with Gasteiger partial charge in [0.1, 0.15) is 17.1 Å². The zero-order valence-corrected chi connectivity index (χ0v) is 27.8. The minimum atomic E-state index is -0.498. The van der Waals surface area contributed by atoms with Crippen LogP contribution in [0.15, 0.2) is 47.2 Å². The van der Waals surface area contributed by atoms with E-state index in [-0.39, 0.29) is 30.6 Å². The Morgan fingerprint density at radius 1 is 1.15 bits per heavy atom. The summed E-state index contributed by atoms with van der Waals surface area (Å²) in [7, 11) is 2.06. The zero-order valence-electron chi connectivity index (χ0n) is 27.8. The Labute approximate surface area is 271 Å². The van der Waals surface area contributed by atoms with Crippen molar-refractivity contribution in [2.75, 3.05) is 44.0 Å². The predicted molar refractivity (Wildman–Crippen MR) is 176 cm³/mol. The van der Waals surface area contributed by atoms with Crippen LogP contribution in [0.5, 0.6) is 5.75 Å². The molecule has 0 saturated carbocycles. The molecule has 0 saturated heterocycles. The van der Waals surface area contributed by atoms with Gasteiger partial charge in [0.15, 0.2) is 5.76 Å². The van der Waals surface area contributed by atoms with Crippen LogP contribution in [0.4, 0.5) is 16.2 Å². The third-order valence-electron chi connectivity index (χ3n) is 8.27. The molecule has 0 unspecified atom stereocenters. The summed E-state index contributed by atoms with van der Waals surface area (Å²) in [5.74, 6) is 0.569. The molecule has 12 heteroatoms. The maximum atomic E-state index is 14.3. The summed E-state index contributed by atoms with van der Waals surface area (Å²) in [6, 6.07) is 8.08. The molecule has 3 N–H and O–H groups in total. The first kappa shape index (κ1) is 34.9. The molecule has 0 bridgehead atoms. The van der Waals surface area contributed by atoms with Gasteiger partial charge in [0.05, 0.1) is 30.4 Å². The van der Waals surface area contributed by atoms with Gasteiger partial charge >= 0.3 is 6.03 Å². The van der Waals surface area contributed by atoms with Crippen LogP contribution in [0.25, 0.3) is 0 Å². The quantitative estimate of drug-likeness (QED) is 0.302. The van der Waals surface area contributed by atoms with Gasteiger partial charge in [-0.1, -0.05) is 12.1 Å². The predicted octanol–water partition coefficient (Wildman–Crippen LogP) is 5.26. The number of aliphatic hydroxyl groups excluding tert-OH is 1. The van der Waals surface area contributed by atoms with E-state index in [4.69, 9.17) is 14.0 Å². The number of hydrogen-bond donors (Lipinski definition) is 3. The summed E-state index contributed by atoms with van der Waals surface area (Å²) >= 11 is 0. The Morgan fingerprint density at radius 3 is 2.61 bits per heavy atom. The Balaban J connectivity index is 1.60. The van der Waals surface area contributed by atoms with Gasteiger partial charge in [0, 0.05) is 50.2 Å². The van der Waals surface area contributed by atoms with Crippen molar-refractivity contribution in [2.24, 2.45) is 5.92 Å². The number of aryl methyl sites for hydroxylation is 2. The molecule has 0 spiro atoms. The van der Waals surface area contributed by atoms with E-state index in [1.54, 1.807) is 49.3 Å². The standard InChI is InChI=1S/C34H48N6O6/c1-22-18-40(23(2)21-41)33(42)29-17-28(36-34(43)37-32-25(4)38-46-26(32)5)10-11-30(29)45-24(3)9-7-8-16-44-31(22)20-39(6)19-27-12-14-35-15-13-27/h10-15,17,22-24,31,41H,7-9,16,18-21H2,1-6H3,(H2,36,37,43)/t22-,23+,24+,31+/m0/s1. The second kappa shape index (κ2) is 16.5. The number of fused-ring (bicyclic) bond motifs is 1. The first-order chi connectivity index (χ1) is 22.0. The number of likely N-dealkylation sites (N-methyl/N-ethyl adjacent to an activating group) is 1. The number of carbonyl (C=O) groups excluding carboxylic acids is 2. The van der Waals surface area contributed by atoms with E-state index in [0.717, 1.165) is 31.4 Å². The van der Waals surface area contributed by atoms with Crippen LogP contribution in [-0.2, 0) is 11.3 Å². The summed E-state index contributed by atoms with van der Waals surface area (Å²) < 4.78 is 17.9. The van der Waals surface area contributed by atoms with Gasteiger partial charge < -0.3 is 34.6 Å². The smallest absolute Gasteiger partial charge is 0.323 e. The van der Waals surface area contributed by atoms with Crippen LogP contribution in [0.1, 0.15) is 67.4 Å². The van der Waals surface area contributed by atoms with Crippen LogP contribution >= 0.6 is 0 Å². The molecule has 0 fully saturated rings. The third kappa shape index (κ3) is 9.51. The van der Waals surface area contributed by atoms with Crippen LogP contribution in [-0.4, -0.2) is 88.6 Å². The van der Waals surface area contributed by atoms with E-state index in [1.165, 1.54) is 0 Å². The number of benzene rings is 1. The lowest BCUT2D eigenvalue weighted by Crippen LogP contribution is -2.47. The number of hydrogen-bond acceptors (Lipinski definition) is 9. The SMILES string of the molecule is Cc1noc(C)c1NC(=O)Nc1ccc2c(c1)C(=O)N([C@H](C)CO)C[C@H](C)[C@@H](CN(C)Cc1ccncc1)OCCCC[C@@H](C)O2. The molecule has 4 atom stereocenters. The molecular formula is C34H48N6O6. The normalized spacial score (nSPS) is 20.4. The number of amides is 3. The van der Waals surface area contributed by atoms with E-state index in [2.05, 4.69) is 39.6 Å². The van der Waals surface area contributed by atoms with E-state index < -0.39 is 12.1 Å². The molecule has 12 nitrogen and oxygen atoms in total. The molecule has 1 aliphatic rings. The van der Waals surface area contributed by atoms with Crippen molar-refractivity contribution in [1.82, 2.24) is 19.9 Å². The molecule has 2 aromatic heterocycles. The van der Waals surface area contributed by atoms with Crippen LogP contribution in [0.3, 0.4) is 0 Å². The fraction of sp³-hybridized carbons (Fsp3) is 0.529. The van der Waals surface area contributed by atoms with Gasteiger partial charge in [-0.05, 0) is 89.9 Å². The minimum absolute atomic E-state index is 0.0498.